The molecular formula is C55H33N3. The first-order chi connectivity index (χ1) is 28.8. The predicted molar refractivity (Wildman–Crippen MR) is 240 cm³/mol. The Morgan fingerprint density at radius 1 is 0.397 bits per heavy atom. The quantitative estimate of drug-likeness (QED) is 0.180. The van der Waals surface area contributed by atoms with Crippen molar-refractivity contribution >= 4 is 43.4 Å². The summed E-state index contributed by atoms with van der Waals surface area (Å²) in [5.74, 6) is 1.72. The van der Waals surface area contributed by atoms with Crippen LogP contribution in [0.1, 0.15) is 22.6 Å². The molecule has 0 saturated carbocycles. The van der Waals surface area contributed by atoms with Crippen molar-refractivity contribution in [2.45, 2.75) is 5.92 Å². The van der Waals surface area contributed by atoms with E-state index in [9.17, 15) is 0 Å². The minimum Gasteiger partial charge on any atom is -0.292 e. The second-order valence-corrected chi connectivity index (χ2v) is 15.6. The second-order valence-electron chi connectivity index (χ2n) is 15.6. The van der Waals surface area contributed by atoms with E-state index in [0.717, 1.165) is 33.7 Å². The van der Waals surface area contributed by atoms with Gasteiger partial charge in [0.2, 0.25) is 0 Å². The molecule has 13 rings (SSSR count). The minimum atomic E-state index is 0.180. The van der Waals surface area contributed by atoms with Gasteiger partial charge in [-0.3, -0.25) is 4.57 Å². The highest BCUT2D eigenvalue weighted by atomic mass is 15.1. The van der Waals surface area contributed by atoms with Gasteiger partial charge in [-0.05, 0) is 60.8 Å². The highest BCUT2D eigenvalue weighted by Gasteiger charge is 2.41. The van der Waals surface area contributed by atoms with Crippen molar-refractivity contribution in [2.24, 2.45) is 0 Å². The molecule has 9 aromatic carbocycles. The number of benzene rings is 9. The van der Waals surface area contributed by atoms with E-state index < -0.39 is 0 Å². The Bertz CT molecular complexity index is 3490. The first-order valence-corrected chi connectivity index (χ1v) is 20.0. The number of aromatic nitrogens is 3. The molecule has 2 aromatic heterocycles. The molecule has 268 valence electrons. The van der Waals surface area contributed by atoms with Crippen molar-refractivity contribution < 1.29 is 0 Å². The number of hydrogen-bond donors (Lipinski definition) is 0. The zero-order valence-corrected chi connectivity index (χ0v) is 31.4. The van der Waals surface area contributed by atoms with Crippen LogP contribution < -0.4 is 0 Å². The van der Waals surface area contributed by atoms with Gasteiger partial charge in [-0.15, -0.1) is 0 Å². The van der Waals surface area contributed by atoms with E-state index in [0.29, 0.717) is 5.82 Å². The molecule has 1 unspecified atom stereocenters. The monoisotopic (exact) mass is 735 g/mol. The van der Waals surface area contributed by atoms with E-state index in [1.807, 2.05) is 0 Å². The molecule has 0 N–H and O–H groups in total. The summed E-state index contributed by atoms with van der Waals surface area (Å²) in [7, 11) is 0. The zero-order chi connectivity index (χ0) is 37.9. The molecule has 0 saturated heterocycles. The van der Waals surface area contributed by atoms with Crippen LogP contribution in [0.2, 0.25) is 0 Å². The fourth-order valence-corrected chi connectivity index (χ4v) is 10.2. The van der Waals surface area contributed by atoms with Crippen LogP contribution in [0.3, 0.4) is 0 Å². The largest absolute Gasteiger partial charge is 0.292 e. The Morgan fingerprint density at radius 2 is 1.03 bits per heavy atom. The summed E-state index contributed by atoms with van der Waals surface area (Å²) >= 11 is 0. The highest BCUT2D eigenvalue weighted by Crippen LogP contribution is 2.62. The molecule has 11 aromatic rings. The van der Waals surface area contributed by atoms with Gasteiger partial charge >= 0.3 is 0 Å². The molecule has 3 heteroatoms. The van der Waals surface area contributed by atoms with Crippen LogP contribution in [0.5, 0.6) is 0 Å². The van der Waals surface area contributed by atoms with Crippen molar-refractivity contribution in [3.05, 3.63) is 211 Å². The third-order valence-electron chi connectivity index (χ3n) is 12.6. The Balaban J connectivity index is 1.17. The van der Waals surface area contributed by atoms with E-state index in [4.69, 9.17) is 9.97 Å². The summed E-state index contributed by atoms with van der Waals surface area (Å²) < 4.78 is 2.46. The molecule has 0 radical (unpaired) electrons. The van der Waals surface area contributed by atoms with E-state index in [-0.39, 0.29) is 5.92 Å². The van der Waals surface area contributed by atoms with Gasteiger partial charge in [-0.25, -0.2) is 9.97 Å². The smallest absolute Gasteiger partial charge is 0.162 e. The summed E-state index contributed by atoms with van der Waals surface area (Å²) in [4.78, 5) is 10.8. The standard InChI is InChI=1S/C55H33N3/c1-3-14-33(15-4-1)34-26-28-37(29-27-34)55-56-46(36-17-5-2-6-18-36)32-47(57-55)58-53-38-19-8-7-16-35(38)30-31-45(53)52-51-44-25-13-24-40-39-20-9-10-21-41(39)49(48(40)44)50(51)42-22-11-12-23-43(42)54(52)58/h1-32,49H. The molecule has 0 spiro atoms. The summed E-state index contributed by atoms with van der Waals surface area (Å²) in [5.41, 5.74) is 17.2. The normalized spacial score (nSPS) is 13.7. The van der Waals surface area contributed by atoms with Gasteiger partial charge in [-0.2, -0.15) is 0 Å². The topological polar surface area (TPSA) is 30.7 Å². The van der Waals surface area contributed by atoms with E-state index in [1.54, 1.807) is 0 Å². The Kier molecular flexibility index (Phi) is 6.50. The first kappa shape index (κ1) is 31.6. The van der Waals surface area contributed by atoms with Gasteiger partial charge in [0.1, 0.15) is 5.82 Å². The molecule has 58 heavy (non-hydrogen) atoms. The van der Waals surface area contributed by atoms with E-state index in [2.05, 4.69) is 199 Å². The van der Waals surface area contributed by atoms with Crippen LogP contribution >= 0.6 is 0 Å². The Hall–Kier alpha value is -7.62. The van der Waals surface area contributed by atoms with Crippen molar-refractivity contribution in [1.29, 1.82) is 0 Å². The Morgan fingerprint density at radius 3 is 1.86 bits per heavy atom. The summed E-state index contributed by atoms with van der Waals surface area (Å²) in [6.45, 7) is 0. The van der Waals surface area contributed by atoms with Gasteiger partial charge in [-0.1, -0.05) is 188 Å². The second kappa shape index (κ2) is 11.9. The third kappa shape index (κ3) is 4.33. The molecule has 0 amide bonds. The van der Waals surface area contributed by atoms with Crippen LogP contribution in [0.25, 0.3) is 105 Å². The predicted octanol–water partition coefficient (Wildman–Crippen LogP) is 14.0. The molecule has 1 atom stereocenters. The fraction of sp³-hybridized carbons (Fsp3) is 0.0182. The number of hydrogen-bond acceptors (Lipinski definition) is 2. The first-order valence-electron chi connectivity index (χ1n) is 20.0. The van der Waals surface area contributed by atoms with Gasteiger partial charge in [0.05, 0.1) is 16.7 Å². The average Bonchev–Trinajstić information content (AvgIpc) is 3.96. The molecule has 3 nitrogen and oxygen atoms in total. The molecule has 0 fully saturated rings. The maximum Gasteiger partial charge on any atom is 0.162 e. The van der Waals surface area contributed by atoms with E-state index >= 15 is 0 Å². The summed E-state index contributed by atoms with van der Waals surface area (Å²) in [6, 6.07) is 70.3. The maximum absolute atomic E-state index is 5.55. The molecule has 0 aliphatic heterocycles. The molecule has 2 aliphatic rings. The van der Waals surface area contributed by atoms with Crippen molar-refractivity contribution in [2.75, 3.05) is 0 Å². The average molecular weight is 736 g/mol. The Labute approximate surface area is 335 Å². The number of rotatable bonds is 4. The van der Waals surface area contributed by atoms with Crippen LogP contribution in [-0.2, 0) is 0 Å². The lowest BCUT2D eigenvalue weighted by molar-refractivity contribution is 1.05. The zero-order valence-electron chi connectivity index (χ0n) is 31.4. The van der Waals surface area contributed by atoms with Crippen LogP contribution in [0.15, 0.2) is 194 Å². The van der Waals surface area contributed by atoms with Gasteiger partial charge in [0, 0.05) is 44.7 Å². The summed E-state index contributed by atoms with van der Waals surface area (Å²) in [5, 5.41) is 7.42. The number of fused-ring (bicyclic) bond motifs is 15. The fourth-order valence-electron chi connectivity index (χ4n) is 10.2. The SMILES string of the molecule is c1ccc(-c2ccc(-c3nc(-c4ccccc4)cc(-n4c5c6ccccc6ccc5c5c6c(c7ccccc7c54)C4c5ccccc5-c5cccc-6c54)n3)cc2)cc1. The van der Waals surface area contributed by atoms with Crippen LogP contribution in [-0.4, -0.2) is 14.5 Å². The summed E-state index contributed by atoms with van der Waals surface area (Å²) in [6.07, 6.45) is 0. The third-order valence-corrected chi connectivity index (χ3v) is 12.6. The minimum absolute atomic E-state index is 0.180. The molecule has 0 bridgehead atoms. The molecular weight excluding hydrogens is 703 g/mol. The molecule has 2 aliphatic carbocycles. The van der Waals surface area contributed by atoms with Crippen LogP contribution in [0.4, 0.5) is 0 Å². The highest BCUT2D eigenvalue weighted by molar-refractivity contribution is 6.30. The van der Waals surface area contributed by atoms with Gasteiger partial charge < -0.3 is 0 Å². The van der Waals surface area contributed by atoms with Crippen LogP contribution in [0, 0.1) is 0 Å². The maximum atomic E-state index is 5.55. The van der Waals surface area contributed by atoms with E-state index in [1.165, 1.54) is 82.3 Å². The lowest BCUT2D eigenvalue weighted by atomic mass is 9.87. The lowest BCUT2D eigenvalue weighted by Crippen LogP contribution is -2.04. The van der Waals surface area contributed by atoms with Crippen molar-refractivity contribution in [3.8, 4) is 61.8 Å². The molecule has 2 heterocycles. The van der Waals surface area contributed by atoms with Crippen molar-refractivity contribution in [3.63, 3.8) is 0 Å². The van der Waals surface area contributed by atoms with Gasteiger partial charge in [0.25, 0.3) is 0 Å². The lowest BCUT2D eigenvalue weighted by Gasteiger charge is -2.17. The van der Waals surface area contributed by atoms with Crippen molar-refractivity contribution in [1.82, 2.24) is 14.5 Å². The van der Waals surface area contributed by atoms with Gasteiger partial charge in [0.15, 0.2) is 5.82 Å². The number of nitrogens with zero attached hydrogens (tertiary/aromatic N) is 3.